The monoisotopic (exact) mass is 379 g/mol. The van der Waals surface area contributed by atoms with Crippen molar-refractivity contribution in [3.63, 3.8) is 0 Å². The number of benzene rings is 1. The second kappa shape index (κ2) is 9.32. The van der Waals surface area contributed by atoms with Gasteiger partial charge in [0.25, 0.3) is 0 Å². The van der Waals surface area contributed by atoms with Gasteiger partial charge in [-0.05, 0) is 36.6 Å². The fraction of sp³-hybridized carbons (Fsp3) is 0.435. The number of rotatable bonds is 9. The molecule has 1 aliphatic heterocycles. The quantitative estimate of drug-likeness (QED) is 0.566. The number of pyridine rings is 1. The summed E-state index contributed by atoms with van der Waals surface area (Å²) in [6, 6.07) is 14.8. The van der Waals surface area contributed by atoms with Crippen molar-refractivity contribution in [3.8, 4) is 0 Å². The molecule has 1 aliphatic rings. The predicted molar refractivity (Wildman–Crippen MR) is 111 cm³/mol. The highest BCUT2D eigenvalue weighted by Gasteiger charge is 2.21. The molecule has 5 nitrogen and oxygen atoms in total. The molecule has 0 aliphatic carbocycles. The number of methoxy groups -OCH3 is 1. The van der Waals surface area contributed by atoms with Gasteiger partial charge in [-0.25, -0.2) is 0 Å². The molecule has 0 saturated carbocycles. The van der Waals surface area contributed by atoms with E-state index in [1.165, 1.54) is 22.9 Å². The van der Waals surface area contributed by atoms with E-state index in [2.05, 4.69) is 57.0 Å². The van der Waals surface area contributed by atoms with E-state index in [-0.39, 0.29) is 0 Å². The number of aromatic nitrogens is 2. The summed E-state index contributed by atoms with van der Waals surface area (Å²) in [7, 11) is 1.75. The van der Waals surface area contributed by atoms with Crippen LogP contribution in [0.1, 0.15) is 24.1 Å². The van der Waals surface area contributed by atoms with Gasteiger partial charge in [-0.2, -0.15) is 0 Å². The van der Waals surface area contributed by atoms with Gasteiger partial charge in [-0.1, -0.05) is 24.3 Å². The molecule has 1 fully saturated rings. The first-order valence-electron chi connectivity index (χ1n) is 10.1. The molecule has 4 rings (SSSR count). The van der Waals surface area contributed by atoms with Crippen molar-refractivity contribution in [2.45, 2.75) is 38.6 Å². The van der Waals surface area contributed by atoms with Gasteiger partial charge in [-0.3, -0.25) is 9.88 Å². The summed E-state index contributed by atoms with van der Waals surface area (Å²) in [5.41, 5.74) is 3.72. The Hall–Kier alpha value is -2.21. The summed E-state index contributed by atoms with van der Waals surface area (Å²) in [5, 5.41) is 1.32. The molecule has 148 valence electrons. The molecule has 1 saturated heterocycles. The van der Waals surface area contributed by atoms with E-state index in [0.717, 1.165) is 44.9 Å². The number of fused-ring (bicyclic) bond motifs is 1. The minimum atomic E-state index is 0.325. The van der Waals surface area contributed by atoms with Crippen LogP contribution in [0, 0.1) is 0 Å². The summed E-state index contributed by atoms with van der Waals surface area (Å²) < 4.78 is 13.5. The number of nitrogens with zero attached hydrogens (tertiary/aromatic N) is 3. The highest BCUT2D eigenvalue weighted by Crippen LogP contribution is 2.24. The molecule has 0 radical (unpaired) electrons. The lowest BCUT2D eigenvalue weighted by atomic mass is 10.1. The lowest BCUT2D eigenvalue weighted by Gasteiger charge is -2.24. The highest BCUT2D eigenvalue weighted by molar-refractivity contribution is 5.83. The van der Waals surface area contributed by atoms with Crippen LogP contribution in [-0.4, -0.2) is 47.4 Å². The van der Waals surface area contributed by atoms with Gasteiger partial charge in [0, 0.05) is 63.2 Å². The zero-order valence-corrected chi connectivity index (χ0v) is 16.6. The van der Waals surface area contributed by atoms with E-state index in [4.69, 9.17) is 9.47 Å². The first-order valence-corrected chi connectivity index (χ1v) is 10.1. The van der Waals surface area contributed by atoms with E-state index in [0.29, 0.717) is 12.7 Å². The topological polar surface area (TPSA) is 39.5 Å². The molecule has 0 bridgehead atoms. The van der Waals surface area contributed by atoms with Gasteiger partial charge >= 0.3 is 0 Å². The second-order valence-electron chi connectivity index (χ2n) is 7.48. The summed E-state index contributed by atoms with van der Waals surface area (Å²) >= 11 is 0. The van der Waals surface area contributed by atoms with Crippen molar-refractivity contribution in [2.75, 3.05) is 26.9 Å². The summed E-state index contributed by atoms with van der Waals surface area (Å²) in [4.78, 5) is 7.01. The van der Waals surface area contributed by atoms with Crippen molar-refractivity contribution in [1.82, 2.24) is 14.5 Å². The fourth-order valence-corrected chi connectivity index (χ4v) is 4.05. The van der Waals surface area contributed by atoms with E-state index in [1.54, 1.807) is 7.11 Å². The second-order valence-corrected chi connectivity index (χ2v) is 7.48. The van der Waals surface area contributed by atoms with E-state index < -0.39 is 0 Å². The number of hydrogen-bond donors (Lipinski definition) is 0. The molecule has 1 atom stereocenters. The summed E-state index contributed by atoms with van der Waals surface area (Å²) in [6.45, 7) is 5.12. The maximum atomic E-state index is 5.92. The molecule has 0 N–H and O–H groups in total. The molecule has 3 heterocycles. The minimum Gasteiger partial charge on any atom is -0.383 e. The zero-order valence-electron chi connectivity index (χ0n) is 16.6. The molecule has 3 aromatic rings. The van der Waals surface area contributed by atoms with Gasteiger partial charge in [0.15, 0.2) is 0 Å². The Morgan fingerprint density at radius 1 is 1.18 bits per heavy atom. The van der Waals surface area contributed by atoms with Crippen molar-refractivity contribution >= 4 is 10.9 Å². The zero-order chi connectivity index (χ0) is 19.2. The lowest BCUT2D eigenvalue weighted by Crippen LogP contribution is -2.31. The molecule has 0 spiro atoms. The van der Waals surface area contributed by atoms with E-state index in [1.807, 2.05) is 12.3 Å². The number of ether oxygens (including phenoxy) is 2. The average Bonchev–Trinajstić information content (AvgIpc) is 3.36. The van der Waals surface area contributed by atoms with Crippen LogP contribution >= 0.6 is 0 Å². The molecule has 0 amide bonds. The van der Waals surface area contributed by atoms with Crippen LogP contribution in [0.25, 0.3) is 10.9 Å². The average molecular weight is 380 g/mol. The smallest absolute Gasteiger partial charge is 0.0703 e. The Labute approximate surface area is 166 Å². The Bertz CT molecular complexity index is 872. The molecule has 2 aromatic heterocycles. The number of hydrogen-bond acceptors (Lipinski definition) is 4. The minimum absolute atomic E-state index is 0.325. The third kappa shape index (κ3) is 4.61. The van der Waals surface area contributed by atoms with Crippen LogP contribution in [0.4, 0.5) is 0 Å². The fourth-order valence-electron chi connectivity index (χ4n) is 4.05. The first kappa shape index (κ1) is 19.1. The predicted octanol–water partition coefficient (Wildman–Crippen LogP) is 3.86. The Morgan fingerprint density at radius 3 is 2.86 bits per heavy atom. The molecule has 1 unspecified atom stereocenters. The normalized spacial score (nSPS) is 17.0. The standard InChI is InChI=1S/C23H29N3O2/c1-27-14-12-26-16-19(22-9-2-3-10-23(22)26)15-25(18-21-8-6-13-28-21)17-20-7-4-5-11-24-20/h2-5,7,9-11,16,21H,6,8,12-15,17-18H2,1H3. The third-order valence-electron chi connectivity index (χ3n) is 5.40. The van der Waals surface area contributed by atoms with Crippen LogP contribution in [0.15, 0.2) is 54.9 Å². The van der Waals surface area contributed by atoms with Crippen molar-refractivity contribution in [3.05, 3.63) is 66.1 Å². The van der Waals surface area contributed by atoms with Gasteiger partial charge in [-0.15, -0.1) is 0 Å². The van der Waals surface area contributed by atoms with Gasteiger partial charge in [0.2, 0.25) is 0 Å². The molecular weight excluding hydrogens is 350 g/mol. The lowest BCUT2D eigenvalue weighted by molar-refractivity contribution is 0.0676. The highest BCUT2D eigenvalue weighted by atomic mass is 16.5. The first-order chi connectivity index (χ1) is 13.8. The molecular formula is C23H29N3O2. The van der Waals surface area contributed by atoms with Crippen LogP contribution in [0.5, 0.6) is 0 Å². The maximum Gasteiger partial charge on any atom is 0.0703 e. The molecule has 5 heteroatoms. The summed E-state index contributed by atoms with van der Waals surface area (Å²) in [6.07, 6.45) is 6.79. The van der Waals surface area contributed by atoms with Gasteiger partial charge in [0.1, 0.15) is 0 Å². The molecule has 1 aromatic carbocycles. The Kier molecular flexibility index (Phi) is 6.37. The van der Waals surface area contributed by atoms with Crippen LogP contribution in [0.2, 0.25) is 0 Å². The van der Waals surface area contributed by atoms with Gasteiger partial charge < -0.3 is 14.0 Å². The van der Waals surface area contributed by atoms with Crippen LogP contribution in [-0.2, 0) is 29.1 Å². The third-order valence-corrected chi connectivity index (χ3v) is 5.40. The Morgan fingerprint density at radius 2 is 2.07 bits per heavy atom. The van der Waals surface area contributed by atoms with Crippen molar-refractivity contribution < 1.29 is 9.47 Å². The van der Waals surface area contributed by atoms with Crippen LogP contribution < -0.4 is 0 Å². The maximum absolute atomic E-state index is 5.92. The van der Waals surface area contributed by atoms with Crippen molar-refractivity contribution in [1.29, 1.82) is 0 Å². The summed E-state index contributed by atoms with van der Waals surface area (Å²) in [5.74, 6) is 0. The van der Waals surface area contributed by atoms with E-state index in [9.17, 15) is 0 Å². The number of para-hydroxylation sites is 1. The van der Waals surface area contributed by atoms with Crippen molar-refractivity contribution in [2.24, 2.45) is 0 Å². The Balaban J connectivity index is 1.58. The SMILES string of the molecule is COCCn1cc(CN(Cc2ccccn2)CC2CCCO2)c2ccccc21. The molecule has 28 heavy (non-hydrogen) atoms. The van der Waals surface area contributed by atoms with Crippen LogP contribution in [0.3, 0.4) is 0 Å². The van der Waals surface area contributed by atoms with Gasteiger partial charge in [0.05, 0.1) is 18.4 Å². The largest absolute Gasteiger partial charge is 0.383 e. The van der Waals surface area contributed by atoms with E-state index >= 15 is 0 Å².